The highest BCUT2D eigenvalue weighted by Crippen LogP contribution is 2.35. The van der Waals surface area contributed by atoms with Gasteiger partial charge in [-0.05, 0) is 49.2 Å². The van der Waals surface area contributed by atoms with Crippen molar-refractivity contribution >= 4 is 21.6 Å². The van der Waals surface area contributed by atoms with Gasteiger partial charge in [-0.2, -0.15) is 0 Å². The predicted molar refractivity (Wildman–Crippen MR) is 102 cm³/mol. The van der Waals surface area contributed by atoms with E-state index < -0.39 is 10.0 Å². The summed E-state index contributed by atoms with van der Waals surface area (Å²) >= 11 is 0. The number of benzene rings is 2. The Kier molecular flexibility index (Phi) is 5.67. The topological polar surface area (TPSA) is 93.7 Å². The Balaban J connectivity index is 1.72. The van der Waals surface area contributed by atoms with Crippen molar-refractivity contribution in [3.8, 4) is 11.5 Å². The summed E-state index contributed by atoms with van der Waals surface area (Å²) in [6, 6.07) is 11.2. The average Bonchev–Trinajstić information content (AvgIpc) is 2.61. The summed E-state index contributed by atoms with van der Waals surface area (Å²) in [5.41, 5.74) is 1.45. The van der Waals surface area contributed by atoms with Crippen molar-refractivity contribution in [1.29, 1.82) is 0 Å². The Morgan fingerprint density at radius 1 is 1.22 bits per heavy atom. The number of anilines is 1. The zero-order valence-corrected chi connectivity index (χ0v) is 16.0. The van der Waals surface area contributed by atoms with E-state index in [0.717, 1.165) is 5.56 Å². The van der Waals surface area contributed by atoms with Crippen molar-refractivity contribution in [2.24, 2.45) is 0 Å². The lowest BCUT2D eigenvalue weighted by Gasteiger charge is -2.27. The van der Waals surface area contributed by atoms with Gasteiger partial charge in [0.1, 0.15) is 6.61 Å². The van der Waals surface area contributed by atoms with Crippen LogP contribution in [0.3, 0.4) is 0 Å². The first-order valence-corrected chi connectivity index (χ1v) is 10.1. The van der Waals surface area contributed by atoms with Gasteiger partial charge in [-0.1, -0.05) is 12.1 Å². The third-order valence-electron chi connectivity index (χ3n) is 4.06. The van der Waals surface area contributed by atoms with Gasteiger partial charge >= 0.3 is 0 Å². The van der Waals surface area contributed by atoms with Crippen molar-refractivity contribution in [3.05, 3.63) is 48.0 Å². The summed E-state index contributed by atoms with van der Waals surface area (Å²) < 4.78 is 39.3. The normalized spacial score (nSPS) is 16.1. The van der Waals surface area contributed by atoms with Gasteiger partial charge in [0.15, 0.2) is 11.5 Å². The summed E-state index contributed by atoms with van der Waals surface area (Å²) in [4.78, 5) is 11.2. The molecule has 1 atom stereocenters. The highest BCUT2D eigenvalue weighted by atomic mass is 32.2. The molecule has 2 aromatic rings. The van der Waals surface area contributed by atoms with E-state index >= 15 is 0 Å². The Labute approximate surface area is 158 Å². The smallest absolute Gasteiger partial charge is 0.240 e. The molecule has 1 aliphatic heterocycles. The number of ether oxygens (including phenoxy) is 2. The third kappa shape index (κ3) is 4.58. The molecule has 0 aromatic heterocycles. The molecule has 0 aliphatic carbocycles. The van der Waals surface area contributed by atoms with Crippen LogP contribution in [-0.2, 0) is 21.2 Å². The van der Waals surface area contributed by atoms with Crippen LogP contribution in [0.4, 0.5) is 5.69 Å². The number of fused-ring (bicyclic) bond motifs is 1. The fourth-order valence-electron chi connectivity index (χ4n) is 2.95. The molecule has 0 spiro atoms. The molecule has 0 bridgehead atoms. The fourth-order valence-corrected chi connectivity index (χ4v) is 4.17. The zero-order chi connectivity index (χ0) is 19.4. The molecular formula is C19H22N2O5S. The van der Waals surface area contributed by atoms with Crippen LogP contribution >= 0.6 is 0 Å². The second-order valence-corrected chi connectivity index (χ2v) is 7.93. The number of sulfonamides is 1. The highest BCUT2D eigenvalue weighted by molar-refractivity contribution is 7.89. The van der Waals surface area contributed by atoms with Crippen molar-refractivity contribution in [2.45, 2.75) is 31.2 Å². The zero-order valence-electron chi connectivity index (χ0n) is 15.2. The molecule has 144 valence electrons. The fraction of sp³-hybridized carbons (Fsp3) is 0.316. The minimum atomic E-state index is -3.70. The van der Waals surface area contributed by atoms with E-state index in [2.05, 4.69) is 10.0 Å². The second-order valence-electron chi connectivity index (χ2n) is 6.22. The number of rotatable bonds is 6. The first kappa shape index (κ1) is 19.2. The molecule has 2 aromatic carbocycles. The molecule has 0 saturated carbocycles. The molecule has 0 fully saturated rings. The number of para-hydroxylation sites is 1. The monoisotopic (exact) mass is 390 g/mol. The van der Waals surface area contributed by atoms with E-state index in [1.54, 1.807) is 12.1 Å². The van der Waals surface area contributed by atoms with Gasteiger partial charge in [0.2, 0.25) is 15.9 Å². The predicted octanol–water partition coefficient (Wildman–Crippen LogP) is 2.33. The largest absolute Gasteiger partial charge is 0.490 e. The van der Waals surface area contributed by atoms with Crippen LogP contribution < -0.4 is 19.5 Å². The van der Waals surface area contributed by atoms with Gasteiger partial charge in [-0.25, -0.2) is 13.1 Å². The van der Waals surface area contributed by atoms with Crippen LogP contribution in [0.15, 0.2) is 47.4 Å². The van der Waals surface area contributed by atoms with Gasteiger partial charge in [0.05, 0.1) is 17.5 Å². The van der Waals surface area contributed by atoms with Gasteiger partial charge in [0, 0.05) is 12.6 Å². The molecule has 8 heteroatoms. The van der Waals surface area contributed by atoms with Crippen LogP contribution in [0.2, 0.25) is 0 Å². The minimum Gasteiger partial charge on any atom is -0.490 e. The van der Waals surface area contributed by atoms with Crippen molar-refractivity contribution in [2.75, 3.05) is 18.5 Å². The number of hydrogen-bond donors (Lipinski definition) is 2. The van der Waals surface area contributed by atoms with Crippen LogP contribution in [-0.4, -0.2) is 33.6 Å². The van der Waals surface area contributed by atoms with Gasteiger partial charge < -0.3 is 14.8 Å². The molecule has 0 radical (unpaired) electrons. The maximum atomic E-state index is 12.6. The summed E-state index contributed by atoms with van der Waals surface area (Å²) in [6.45, 7) is 4.05. The van der Waals surface area contributed by atoms with Gasteiger partial charge in [-0.15, -0.1) is 0 Å². The van der Waals surface area contributed by atoms with E-state index in [1.165, 1.54) is 19.1 Å². The molecule has 1 amide bonds. The van der Waals surface area contributed by atoms with Crippen LogP contribution in [0.25, 0.3) is 0 Å². The number of hydrogen-bond acceptors (Lipinski definition) is 5. The lowest BCUT2D eigenvalue weighted by Crippen LogP contribution is -2.42. The van der Waals surface area contributed by atoms with E-state index in [1.807, 2.05) is 25.1 Å². The van der Waals surface area contributed by atoms with Gasteiger partial charge in [-0.3, -0.25) is 4.79 Å². The SMILES string of the molecule is CCOc1cccc2c1OC[C@@H](NS(=O)(=O)c1ccc(NC(C)=O)cc1)C2. The molecule has 7 nitrogen and oxygen atoms in total. The Morgan fingerprint density at radius 3 is 2.63 bits per heavy atom. The summed E-state index contributed by atoms with van der Waals surface area (Å²) in [5.74, 6) is 1.13. The van der Waals surface area contributed by atoms with E-state index in [9.17, 15) is 13.2 Å². The summed E-state index contributed by atoms with van der Waals surface area (Å²) in [5, 5.41) is 2.61. The average molecular weight is 390 g/mol. The minimum absolute atomic E-state index is 0.130. The number of carbonyl (C=O) groups excluding carboxylic acids is 1. The molecule has 1 aliphatic rings. The first-order chi connectivity index (χ1) is 12.9. The third-order valence-corrected chi connectivity index (χ3v) is 5.60. The Morgan fingerprint density at radius 2 is 1.96 bits per heavy atom. The summed E-state index contributed by atoms with van der Waals surface area (Å²) in [6.07, 6.45) is 0.513. The second kappa shape index (κ2) is 7.98. The molecule has 2 N–H and O–H groups in total. The lowest BCUT2D eigenvalue weighted by atomic mass is 10.0. The Bertz CT molecular complexity index is 926. The number of amides is 1. The molecular weight excluding hydrogens is 368 g/mol. The molecule has 27 heavy (non-hydrogen) atoms. The molecule has 0 saturated heterocycles. The van der Waals surface area contributed by atoms with Crippen molar-refractivity contribution in [1.82, 2.24) is 4.72 Å². The van der Waals surface area contributed by atoms with E-state index in [4.69, 9.17) is 9.47 Å². The number of nitrogens with one attached hydrogen (secondary N) is 2. The van der Waals surface area contributed by atoms with Crippen LogP contribution in [0.1, 0.15) is 19.4 Å². The lowest BCUT2D eigenvalue weighted by molar-refractivity contribution is -0.114. The maximum absolute atomic E-state index is 12.6. The highest BCUT2D eigenvalue weighted by Gasteiger charge is 2.27. The van der Waals surface area contributed by atoms with E-state index in [0.29, 0.717) is 30.2 Å². The molecule has 3 rings (SSSR count). The van der Waals surface area contributed by atoms with Crippen LogP contribution in [0, 0.1) is 0 Å². The first-order valence-electron chi connectivity index (χ1n) is 8.66. The standard InChI is InChI=1S/C19H22N2O5S/c1-3-25-18-6-4-5-14-11-16(12-26-19(14)18)21-27(23,24)17-9-7-15(8-10-17)20-13(2)22/h4-10,16,21H,3,11-12H2,1-2H3,(H,20,22)/t16-/m0/s1. The Hall–Kier alpha value is -2.58. The van der Waals surface area contributed by atoms with Gasteiger partial charge in [0.25, 0.3) is 0 Å². The summed E-state index contributed by atoms with van der Waals surface area (Å²) in [7, 11) is -3.70. The van der Waals surface area contributed by atoms with Crippen molar-refractivity contribution in [3.63, 3.8) is 0 Å². The van der Waals surface area contributed by atoms with E-state index in [-0.39, 0.29) is 23.5 Å². The molecule has 1 heterocycles. The maximum Gasteiger partial charge on any atom is 0.240 e. The van der Waals surface area contributed by atoms with Crippen LogP contribution in [0.5, 0.6) is 11.5 Å². The molecule has 0 unspecified atom stereocenters. The quantitative estimate of drug-likeness (QED) is 0.790. The number of carbonyl (C=O) groups is 1. The van der Waals surface area contributed by atoms with Crippen molar-refractivity contribution < 1.29 is 22.7 Å².